The van der Waals surface area contributed by atoms with Crippen molar-refractivity contribution in [1.82, 2.24) is 0 Å². The first kappa shape index (κ1) is 15.9. The van der Waals surface area contributed by atoms with Crippen LogP contribution in [0.2, 0.25) is 5.02 Å². The molecule has 1 aromatic rings. The van der Waals surface area contributed by atoms with Gasteiger partial charge < -0.3 is 25.4 Å². The summed E-state index contributed by atoms with van der Waals surface area (Å²) in [7, 11) is 0. The number of nitrogens with zero attached hydrogens (tertiary/aromatic N) is 1. The zero-order chi connectivity index (χ0) is 15.7. The predicted octanol–water partition coefficient (Wildman–Crippen LogP) is 0.488. The van der Waals surface area contributed by atoms with Crippen LogP contribution in [0.3, 0.4) is 0 Å². The lowest BCUT2D eigenvalue weighted by atomic mass is 9.99. The van der Waals surface area contributed by atoms with Crippen molar-refractivity contribution in [3.05, 3.63) is 33.3 Å². The highest BCUT2D eigenvalue weighted by Crippen LogP contribution is 2.29. The van der Waals surface area contributed by atoms with Crippen LogP contribution in [0.4, 0.5) is 11.4 Å². The quantitative estimate of drug-likeness (QED) is 0.472. The third kappa shape index (κ3) is 3.25. The van der Waals surface area contributed by atoms with E-state index >= 15 is 0 Å². The van der Waals surface area contributed by atoms with E-state index in [4.69, 9.17) is 16.3 Å². The molecule has 0 saturated carbocycles. The van der Waals surface area contributed by atoms with Crippen LogP contribution in [0.25, 0.3) is 0 Å². The molecule has 1 aliphatic heterocycles. The number of hydrogen-bond donors (Lipinski definition) is 4. The number of nitrogens with one attached hydrogen (secondary N) is 1. The van der Waals surface area contributed by atoms with E-state index in [0.717, 1.165) is 0 Å². The average Bonchev–Trinajstić information content (AvgIpc) is 2.44. The van der Waals surface area contributed by atoms with E-state index in [0.29, 0.717) is 5.69 Å². The largest absolute Gasteiger partial charge is 0.388 e. The van der Waals surface area contributed by atoms with Gasteiger partial charge in [-0.05, 0) is 19.1 Å². The van der Waals surface area contributed by atoms with E-state index in [1.165, 1.54) is 18.2 Å². The molecule has 0 amide bonds. The maximum atomic E-state index is 10.8. The summed E-state index contributed by atoms with van der Waals surface area (Å²) < 4.78 is 5.34. The standard InChI is InChI=1S/C12H15ClN2O6/c1-5-9(16)10(17)11(18)12(21-5)14-6-2-3-7(13)8(4-6)15(19)20/h2-5,9-12,14,16-18H,1H3/t5-,9-,10+,11+,12+/m0/s1. The molecule has 0 radical (unpaired) electrons. The number of nitro groups is 1. The molecule has 9 heteroatoms. The molecule has 0 aliphatic carbocycles. The van der Waals surface area contributed by atoms with E-state index in [-0.39, 0.29) is 10.7 Å². The highest BCUT2D eigenvalue weighted by atomic mass is 35.5. The SMILES string of the molecule is C[C@@H]1O[C@@H](Nc2ccc(Cl)c([N+](=O)[O-])c2)[C@H](O)[C@H](O)[C@H]1O. The van der Waals surface area contributed by atoms with Crippen molar-refractivity contribution < 1.29 is 25.0 Å². The third-order valence-corrected chi connectivity index (χ3v) is 3.62. The normalized spacial score (nSPS) is 32.7. The van der Waals surface area contributed by atoms with Gasteiger partial charge in [0.1, 0.15) is 23.3 Å². The van der Waals surface area contributed by atoms with Gasteiger partial charge in [0, 0.05) is 11.8 Å². The number of halogens is 1. The first-order valence-corrected chi connectivity index (χ1v) is 6.59. The van der Waals surface area contributed by atoms with Crippen LogP contribution in [0, 0.1) is 10.1 Å². The fourth-order valence-corrected chi connectivity index (χ4v) is 2.26. The molecule has 5 atom stereocenters. The van der Waals surface area contributed by atoms with Crippen molar-refractivity contribution in [2.45, 2.75) is 37.6 Å². The van der Waals surface area contributed by atoms with Crippen LogP contribution in [-0.4, -0.2) is 50.9 Å². The van der Waals surface area contributed by atoms with Gasteiger partial charge in [-0.2, -0.15) is 0 Å². The van der Waals surface area contributed by atoms with Crippen LogP contribution < -0.4 is 5.32 Å². The molecule has 8 nitrogen and oxygen atoms in total. The molecule has 1 aromatic carbocycles. The molecule has 4 N–H and O–H groups in total. The Morgan fingerprint density at radius 2 is 1.95 bits per heavy atom. The lowest BCUT2D eigenvalue weighted by Gasteiger charge is -2.39. The maximum Gasteiger partial charge on any atom is 0.289 e. The number of rotatable bonds is 3. The lowest BCUT2D eigenvalue weighted by Crippen LogP contribution is -2.58. The van der Waals surface area contributed by atoms with E-state index in [1.54, 1.807) is 6.92 Å². The Morgan fingerprint density at radius 1 is 1.29 bits per heavy atom. The predicted molar refractivity (Wildman–Crippen MR) is 74.1 cm³/mol. The van der Waals surface area contributed by atoms with Crippen molar-refractivity contribution in [2.75, 3.05) is 5.32 Å². The van der Waals surface area contributed by atoms with Gasteiger partial charge in [0.05, 0.1) is 11.0 Å². The van der Waals surface area contributed by atoms with E-state index in [1.807, 2.05) is 0 Å². The van der Waals surface area contributed by atoms with Gasteiger partial charge in [-0.25, -0.2) is 0 Å². The second-order valence-corrected chi connectivity index (χ2v) is 5.21. The summed E-state index contributed by atoms with van der Waals surface area (Å²) in [6.07, 6.45) is -5.69. The number of hydrogen-bond acceptors (Lipinski definition) is 7. The molecule has 1 aliphatic rings. The van der Waals surface area contributed by atoms with Gasteiger partial charge in [0.25, 0.3) is 5.69 Å². The summed E-state index contributed by atoms with van der Waals surface area (Å²) >= 11 is 5.70. The Kier molecular flexibility index (Phi) is 4.64. The van der Waals surface area contributed by atoms with Crippen molar-refractivity contribution in [3.63, 3.8) is 0 Å². The Bertz CT molecular complexity index is 542. The second kappa shape index (κ2) is 6.12. The number of aliphatic hydroxyl groups excluding tert-OH is 3. The fraction of sp³-hybridized carbons (Fsp3) is 0.500. The molecule has 0 spiro atoms. The van der Waals surface area contributed by atoms with Gasteiger partial charge in [0.15, 0.2) is 6.23 Å². The molecule has 116 valence electrons. The minimum Gasteiger partial charge on any atom is -0.388 e. The molecular formula is C12H15ClN2O6. The second-order valence-electron chi connectivity index (χ2n) is 4.80. The van der Waals surface area contributed by atoms with Gasteiger partial charge in [-0.1, -0.05) is 11.6 Å². The highest BCUT2D eigenvalue weighted by molar-refractivity contribution is 6.32. The molecule has 1 heterocycles. The average molecular weight is 319 g/mol. The molecule has 1 saturated heterocycles. The van der Waals surface area contributed by atoms with E-state index in [9.17, 15) is 25.4 Å². The summed E-state index contributed by atoms with van der Waals surface area (Å²) in [6, 6.07) is 4.01. The van der Waals surface area contributed by atoms with Gasteiger partial charge in [-0.3, -0.25) is 10.1 Å². The van der Waals surface area contributed by atoms with Crippen molar-refractivity contribution in [3.8, 4) is 0 Å². The molecule has 2 rings (SSSR count). The zero-order valence-corrected chi connectivity index (χ0v) is 11.8. The molecule has 0 aromatic heterocycles. The van der Waals surface area contributed by atoms with Gasteiger partial charge in [-0.15, -0.1) is 0 Å². The summed E-state index contributed by atoms with van der Waals surface area (Å²) in [5, 5.41) is 42.7. The number of anilines is 1. The van der Waals surface area contributed by atoms with E-state index < -0.39 is 35.6 Å². The topological polar surface area (TPSA) is 125 Å². The summed E-state index contributed by atoms with van der Waals surface area (Å²) in [6.45, 7) is 1.54. The zero-order valence-electron chi connectivity index (χ0n) is 11.0. The minimum absolute atomic E-state index is 0.0144. The van der Waals surface area contributed by atoms with Crippen molar-refractivity contribution in [2.24, 2.45) is 0 Å². The Labute approximate surface area is 125 Å². The fourth-order valence-electron chi connectivity index (χ4n) is 2.08. The van der Waals surface area contributed by atoms with Crippen LogP contribution >= 0.6 is 11.6 Å². The smallest absolute Gasteiger partial charge is 0.289 e. The molecular weight excluding hydrogens is 304 g/mol. The molecule has 21 heavy (non-hydrogen) atoms. The summed E-state index contributed by atoms with van der Waals surface area (Å²) in [4.78, 5) is 10.2. The highest BCUT2D eigenvalue weighted by Gasteiger charge is 2.41. The first-order valence-electron chi connectivity index (χ1n) is 6.21. The maximum absolute atomic E-state index is 10.8. The Balaban J connectivity index is 2.18. The van der Waals surface area contributed by atoms with E-state index in [2.05, 4.69) is 5.32 Å². The monoisotopic (exact) mass is 318 g/mol. The van der Waals surface area contributed by atoms with Crippen LogP contribution in [0.5, 0.6) is 0 Å². The Hall–Kier alpha value is -1.45. The molecule has 1 fully saturated rings. The van der Waals surface area contributed by atoms with Crippen LogP contribution in [0.15, 0.2) is 18.2 Å². The van der Waals surface area contributed by atoms with Crippen molar-refractivity contribution in [1.29, 1.82) is 0 Å². The third-order valence-electron chi connectivity index (χ3n) is 3.30. The minimum atomic E-state index is -1.38. The molecule has 0 bridgehead atoms. The number of ether oxygens (including phenoxy) is 1. The van der Waals surface area contributed by atoms with Crippen LogP contribution in [-0.2, 0) is 4.74 Å². The van der Waals surface area contributed by atoms with Gasteiger partial charge >= 0.3 is 0 Å². The lowest BCUT2D eigenvalue weighted by molar-refractivity contribution is -0.384. The molecule has 0 unspecified atom stereocenters. The number of aliphatic hydroxyl groups is 3. The number of benzene rings is 1. The summed E-state index contributed by atoms with van der Waals surface area (Å²) in [5.74, 6) is 0. The van der Waals surface area contributed by atoms with Crippen molar-refractivity contribution >= 4 is 23.0 Å². The number of nitro benzene ring substituents is 1. The first-order chi connectivity index (χ1) is 9.81. The Morgan fingerprint density at radius 3 is 2.57 bits per heavy atom. The van der Waals surface area contributed by atoms with Crippen LogP contribution in [0.1, 0.15) is 6.92 Å². The van der Waals surface area contributed by atoms with Gasteiger partial charge in [0.2, 0.25) is 0 Å². The summed E-state index contributed by atoms with van der Waals surface area (Å²) in [5.41, 5.74) is 0.00605.